The normalized spacial score (nSPS) is 13.9. The summed E-state index contributed by atoms with van der Waals surface area (Å²) in [6.07, 6.45) is 3.19. The number of carbonyl (C=O) groups excluding carboxylic acids is 2. The van der Waals surface area contributed by atoms with Gasteiger partial charge < -0.3 is 24.7 Å². The molecule has 150 valence electrons. The SMILES string of the molecule is O=C(Nc1ccc(C(=O)NCc2cccnc2N2CCOCC2)s1)c1ccco1. The van der Waals surface area contributed by atoms with Crippen LogP contribution in [-0.4, -0.2) is 43.1 Å². The van der Waals surface area contributed by atoms with Crippen molar-refractivity contribution < 1.29 is 18.7 Å². The summed E-state index contributed by atoms with van der Waals surface area (Å²) in [6.45, 7) is 3.27. The lowest BCUT2D eigenvalue weighted by molar-refractivity contribution is 0.0953. The van der Waals surface area contributed by atoms with Crippen molar-refractivity contribution in [2.75, 3.05) is 36.5 Å². The van der Waals surface area contributed by atoms with Crippen LogP contribution >= 0.6 is 11.3 Å². The molecular formula is C20H20N4O4S. The standard InChI is InChI=1S/C20H20N4O4S/c25-19(15-4-2-10-28-15)23-17-6-5-16(29-17)20(26)22-13-14-3-1-7-21-18(14)24-8-11-27-12-9-24/h1-7,10H,8-9,11-13H2,(H,22,26)(H,23,25). The highest BCUT2D eigenvalue weighted by Crippen LogP contribution is 2.23. The molecule has 8 nitrogen and oxygen atoms in total. The highest BCUT2D eigenvalue weighted by molar-refractivity contribution is 7.18. The maximum atomic E-state index is 12.5. The van der Waals surface area contributed by atoms with Crippen LogP contribution < -0.4 is 15.5 Å². The Balaban J connectivity index is 1.37. The fourth-order valence-electron chi connectivity index (χ4n) is 3.00. The van der Waals surface area contributed by atoms with Crippen LogP contribution in [0.5, 0.6) is 0 Å². The summed E-state index contributed by atoms with van der Waals surface area (Å²) in [5, 5.41) is 6.23. The molecule has 2 amide bonds. The molecule has 0 bridgehead atoms. The van der Waals surface area contributed by atoms with Gasteiger partial charge >= 0.3 is 0 Å². The molecule has 0 unspecified atom stereocenters. The van der Waals surface area contributed by atoms with Gasteiger partial charge in [-0.25, -0.2) is 4.98 Å². The third kappa shape index (κ3) is 4.64. The molecule has 1 aliphatic heterocycles. The summed E-state index contributed by atoms with van der Waals surface area (Å²) >= 11 is 1.21. The minimum Gasteiger partial charge on any atom is -0.459 e. The van der Waals surface area contributed by atoms with Gasteiger partial charge in [-0.1, -0.05) is 6.07 Å². The zero-order chi connectivity index (χ0) is 20.1. The number of amides is 2. The lowest BCUT2D eigenvalue weighted by Crippen LogP contribution is -2.37. The van der Waals surface area contributed by atoms with E-state index in [2.05, 4.69) is 20.5 Å². The van der Waals surface area contributed by atoms with Crippen LogP contribution in [-0.2, 0) is 11.3 Å². The number of thiophene rings is 1. The first-order valence-electron chi connectivity index (χ1n) is 9.20. The Morgan fingerprint density at radius 3 is 2.76 bits per heavy atom. The van der Waals surface area contributed by atoms with Gasteiger partial charge in [-0.3, -0.25) is 9.59 Å². The van der Waals surface area contributed by atoms with Crippen LogP contribution in [0, 0.1) is 0 Å². The average Bonchev–Trinajstić information content (AvgIpc) is 3.45. The van der Waals surface area contributed by atoms with Gasteiger partial charge in [0.2, 0.25) is 0 Å². The summed E-state index contributed by atoms with van der Waals surface area (Å²) in [5.41, 5.74) is 0.950. The molecule has 9 heteroatoms. The molecule has 1 saturated heterocycles. The predicted molar refractivity (Wildman–Crippen MR) is 109 cm³/mol. The van der Waals surface area contributed by atoms with Crippen molar-refractivity contribution >= 4 is 34.0 Å². The van der Waals surface area contributed by atoms with E-state index in [1.165, 1.54) is 17.6 Å². The molecule has 0 aromatic carbocycles. The number of hydrogen-bond donors (Lipinski definition) is 2. The molecule has 2 N–H and O–H groups in total. The van der Waals surface area contributed by atoms with Gasteiger partial charge in [-0.05, 0) is 30.3 Å². The van der Waals surface area contributed by atoms with Gasteiger partial charge in [-0.2, -0.15) is 0 Å². The molecule has 3 aromatic rings. The van der Waals surface area contributed by atoms with Crippen molar-refractivity contribution in [2.45, 2.75) is 6.54 Å². The van der Waals surface area contributed by atoms with Crippen molar-refractivity contribution in [1.82, 2.24) is 10.3 Å². The van der Waals surface area contributed by atoms with Gasteiger partial charge in [0.05, 0.1) is 29.4 Å². The van der Waals surface area contributed by atoms with Gasteiger partial charge in [0.25, 0.3) is 11.8 Å². The first kappa shape index (κ1) is 19.2. The summed E-state index contributed by atoms with van der Waals surface area (Å²) in [4.78, 5) is 31.7. The second-order valence-corrected chi connectivity index (χ2v) is 7.45. The molecule has 29 heavy (non-hydrogen) atoms. The predicted octanol–water partition coefficient (Wildman–Crippen LogP) is 2.76. The van der Waals surface area contributed by atoms with E-state index in [9.17, 15) is 9.59 Å². The number of furan rings is 1. The van der Waals surface area contributed by atoms with Gasteiger partial charge in [0, 0.05) is 31.4 Å². The summed E-state index contributed by atoms with van der Waals surface area (Å²) in [6, 6.07) is 10.4. The molecule has 1 aliphatic rings. The lowest BCUT2D eigenvalue weighted by atomic mass is 10.2. The maximum Gasteiger partial charge on any atom is 0.291 e. The van der Waals surface area contributed by atoms with Crippen molar-refractivity contribution in [3.63, 3.8) is 0 Å². The van der Waals surface area contributed by atoms with Crippen molar-refractivity contribution in [3.8, 4) is 0 Å². The Bertz CT molecular complexity index is 980. The molecule has 4 rings (SSSR count). The molecule has 0 radical (unpaired) electrons. The quantitative estimate of drug-likeness (QED) is 0.646. The number of pyridine rings is 1. The minimum atomic E-state index is -0.352. The highest BCUT2D eigenvalue weighted by Gasteiger charge is 2.17. The van der Waals surface area contributed by atoms with Crippen LogP contribution in [0.15, 0.2) is 53.3 Å². The Morgan fingerprint density at radius 1 is 1.10 bits per heavy atom. The molecule has 0 aliphatic carbocycles. The van der Waals surface area contributed by atoms with E-state index in [-0.39, 0.29) is 17.6 Å². The van der Waals surface area contributed by atoms with Gasteiger partial charge in [0.1, 0.15) is 5.82 Å². The highest BCUT2D eigenvalue weighted by atomic mass is 32.1. The fraction of sp³-hybridized carbons (Fsp3) is 0.250. The van der Waals surface area contributed by atoms with Crippen LogP contribution in [0.2, 0.25) is 0 Å². The molecule has 0 spiro atoms. The Hall–Kier alpha value is -3.17. The van der Waals surface area contributed by atoms with E-state index in [1.54, 1.807) is 30.5 Å². The fourth-order valence-corrected chi connectivity index (χ4v) is 3.82. The Labute approximate surface area is 171 Å². The van der Waals surface area contributed by atoms with Crippen LogP contribution in [0.25, 0.3) is 0 Å². The van der Waals surface area contributed by atoms with E-state index < -0.39 is 0 Å². The molecule has 0 saturated carbocycles. The molecule has 1 fully saturated rings. The number of aromatic nitrogens is 1. The first-order chi connectivity index (χ1) is 14.2. The van der Waals surface area contributed by atoms with E-state index in [0.29, 0.717) is 29.6 Å². The molecule has 4 heterocycles. The third-order valence-electron chi connectivity index (χ3n) is 4.43. The molecular weight excluding hydrogens is 392 g/mol. The van der Waals surface area contributed by atoms with Crippen molar-refractivity contribution in [3.05, 3.63) is 65.1 Å². The summed E-state index contributed by atoms with van der Waals surface area (Å²) in [5.74, 6) is 0.532. The van der Waals surface area contributed by atoms with Gasteiger partial charge in [0.15, 0.2) is 5.76 Å². The van der Waals surface area contributed by atoms with Crippen molar-refractivity contribution in [2.24, 2.45) is 0 Å². The number of morpholine rings is 1. The number of anilines is 2. The van der Waals surface area contributed by atoms with E-state index in [4.69, 9.17) is 9.15 Å². The second kappa shape index (κ2) is 8.89. The Morgan fingerprint density at radius 2 is 1.97 bits per heavy atom. The second-order valence-electron chi connectivity index (χ2n) is 6.36. The summed E-state index contributed by atoms with van der Waals surface area (Å²) < 4.78 is 10.5. The van der Waals surface area contributed by atoms with Crippen molar-refractivity contribution in [1.29, 1.82) is 0 Å². The molecule has 3 aromatic heterocycles. The average molecular weight is 412 g/mol. The lowest BCUT2D eigenvalue weighted by Gasteiger charge is -2.29. The van der Waals surface area contributed by atoms with Crippen LogP contribution in [0.1, 0.15) is 25.8 Å². The number of nitrogens with zero attached hydrogens (tertiary/aromatic N) is 2. The number of carbonyl (C=O) groups is 2. The molecule has 0 atom stereocenters. The van der Waals surface area contributed by atoms with Crippen LogP contribution in [0.3, 0.4) is 0 Å². The van der Waals surface area contributed by atoms with E-state index >= 15 is 0 Å². The maximum absolute atomic E-state index is 12.5. The third-order valence-corrected chi connectivity index (χ3v) is 5.43. The van der Waals surface area contributed by atoms with E-state index in [0.717, 1.165) is 24.5 Å². The zero-order valence-corrected chi connectivity index (χ0v) is 16.4. The van der Waals surface area contributed by atoms with Gasteiger partial charge in [-0.15, -0.1) is 11.3 Å². The largest absolute Gasteiger partial charge is 0.459 e. The Kier molecular flexibility index (Phi) is 5.87. The zero-order valence-electron chi connectivity index (χ0n) is 15.6. The van der Waals surface area contributed by atoms with E-state index in [1.807, 2.05) is 12.1 Å². The topological polar surface area (TPSA) is 96.7 Å². The number of hydrogen-bond acceptors (Lipinski definition) is 7. The van der Waals surface area contributed by atoms with Crippen LogP contribution in [0.4, 0.5) is 10.8 Å². The monoisotopic (exact) mass is 412 g/mol. The smallest absolute Gasteiger partial charge is 0.291 e. The number of ether oxygens (including phenoxy) is 1. The summed E-state index contributed by atoms with van der Waals surface area (Å²) in [7, 11) is 0. The number of rotatable bonds is 6. The minimum absolute atomic E-state index is 0.203. The number of nitrogens with one attached hydrogen (secondary N) is 2. The first-order valence-corrected chi connectivity index (χ1v) is 10.0.